The number of piperidine rings is 1. The lowest BCUT2D eigenvalue weighted by Gasteiger charge is -2.31. The lowest BCUT2D eigenvalue weighted by atomic mass is 9.79. The Kier molecular flexibility index (Phi) is 31.2. The van der Waals surface area contributed by atoms with E-state index in [2.05, 4.69) is 52.2 Å². The lowest BCUT2D eigenvalue weighted by molar-refractivity contribution is -0.126. The van der Waals surface area contributed by atoms with Crippen molar-refractivity contribution in [2.75, 3.05) is 11.9 Å². The van der Waals surface area contributed by atoms with Crippen molar-refractivity contribution in [3.8, 4) is 11.3 Å². The molecule has 4 saturated carbocycles. The molecule has 2 aromatic heterocycles. The van der Waals surface area contributed by atoms with Gasteiger partial charge in [0.1, 0.15) is 50.8 Å². The third-order valence-electron chi connectivity index (χ3n) is 27.3. The average molecular weight is 1910 g/mol. The number of hydrogen-bond donors (Lipinski definition) is 4. The van der Waals surface area contributed by atoms with E-state index in [1.165, 1.54) is 23.5 Å². The SMILES string of the molecule is C=C1CCC(N2Cc3cc(CCC(=O)CC4CCC(C(N)=O)CC4)ccc3C2=O)C(=O)C1.C=C1CCC(N2Cc3cc(CCC(=O)Cc4ccc(Cl)nc4)ccc3C2=O)C(=O)C1.C=C1CCC(N2Cc3cc(CCC(=O)Cc4nc(-c5ccc(F)cc5F)cs4)ccc3C2=O)C(=O)C1.C=C1CCC(N2Cc3cc(CNC(=O)Nc4ccc5c(c4)CCN(C(=O)OC(C)(C)C)C5)ccc3C2=O)C(=O)N1. The Morgan fingerprint density at radius 1 is 0.514 bits per heavy atom. The summed E-state index contributed by atoms with van der Waals surface area (Å²) in [5.41, 5.74) is 22.6. The number of benzene rings is 6. The van der Waals surface area contributed by atoms with Gasteiger partial charge in [-0.2, -0.15) is 0 Å². The number of halogens is 3. The lowest BCUT2D eigenvalue weighted by Crippen LogP contribution is -2.49. The molecule has 10 aliphatic rings. The summed E-state index contributed by atoms with van der Waals surface area (Å²) < 4.78 is 32.7. The molecule has 8 heterocycles. The van der Waals surface area contributed by atoms with Gasteiger partial charge in [0.15, 0.2) is 17.3 Å². The number of ketones is 6. The van der Waals surface area contributed by atoms with Crippen LogP contribution >= 0.6 is 22.9 Å². The van der Waals surface area contributed by atoms with Gasteiger partial charge in [-0.15, -0.1) is 11.3 Å². The number of primary amides is 1. The van der Waals surface area contributed by atoms with Crippen LogP contribution in [0.25, 0.3) is 11.3 Å². The third-order valence-corrected chi connectivity index (χ3v) is 28.3. The summed E-state index contributed by atoms with van der Waals surface area (Å²) in [7, 11) is 0. The number of aromatic nitrogens is 2. The first-order valence-corrected chi connectivity index (χ1v) is 48.5. The molecule has 5 fully saturated rings. The quantitative estimate of drug-likeness (QED) is 0.0322. The number of carbonyl (C=O) groups is 14. The molecule has 26 nitrogen and oxygen atoms in total. The Labute approximate surface area is 809 Å². The number of nitrogens with two attached hydrogens (primary N) is 1. The first-order chi connectivity index (χ1) is 66.0. The van der Waals surface area contributed by atoms with Crippen molar-refractivity contribution >= 4 is 111 Å². The maximum atomic E-state index is 14.0. The first-order valence-electron chi connectivity index (χ1n) is 47.2. The highest BCUT2D eigenvalue weighted by atomic mass is 35.5. The largest absolute Gasteiger partial charge is 0.444 e. The summed E-state index contributed by atoms with van der Waals surface area (Å²) >= 11 is 7.04. The van der Waals surface area contributed by atoms with Gasteiger partial charge in [-0.25, -0.2) is 28.3 Å². The second-order valence-corrected chi connectivity index (χ2v) is 40.0. The number of thiazole rings is 1. The van der Waals surface area contributed by atoms with Gasteiger partial charge in [-0.1, -0.05) is 115 Å². The molecule has 6 aliphatic heterocycles. The number of aryl methyl sites for hydroxylation is 3. The van der Waals surface area contributed by atoms with Crippen LogP contribution in [0.5, 0.6) is 0 Å². The van der Waals surface area contributed by atoms with E-state index in [-0.39, 0.29) is 119 Å². The molecule has 4 aliphatic carbocycles. The summed E-state index contributed by atoms with van der Waals surface area (Å²) in [5, 5.41) is 11.1. The van der Waals surface area contributed by atoms with Crippen molar-refractivity contribution < 1.29 is 80.6 Å². The Morgan fingerprint density at radius 3 is 1.46 bits per heavy atom. The van der Waals surface area contributed by atoms with Crippen LogP contribution in [0.4, 0.5) is 24.1 Å². The van der Waals surface area contributed by atoms with Crippen molar-refractivity contribution in [3.63, 3.8) is 0 Å². The van der Waals surface area contributed by atoms with Crippen LogP contribution in [0, 0.1) is 23.5 Å². The van der Waals surface area contributed by atoms with Crippen molar-refractivity contribution in [2.45, 2.75) is 250 Å². The molecule has 30 heteroatoms. The van der Waals surface area contributed by atoms with E-state index >= 15 is 0 Å². The van der Waals surface area contributed by atoms with Crippen LogP contribution < -0.4 is 21.7 Å². The smallest absolute Gasteiger partial charge is 0.410 e. The highest BCUT2D eigenvalue weighted by Gasteiger charge is 2.43. The van der Waals surface area contributed by atoms with Crippen molar-refractivity contribution in [1.29, 1.82) is 0 Å². The van der Waals surface area contributed by atoms with Crippen LogP contribution in [-0.2, 0) is 121 Å². The zero-order chi connectivity index (χ0) is 98.1. The minimum atomic E-state index is -0.690. The Hall–Kier alpha value is -13.4. The number of nitrogens with zero attached hydrogens (tertiary/aromatic N) is 7. The highest BCUT2D eigenvalue weighted by molar-refractivity contribution is 7.10. The van der Waals surface area contributed by atoms with E-state index in [4.69, 9.17) is 22.1 Å². The minimum absolute atomic E-state index is 0.00158. The molecule has 0 bridgehead atoms. The zero-order valence-corrected chi connectivity index (χ0v) is 79.6. The molecule has 18 rings (SSSR count). The molecule has 0 spiro atoms. The summed E-state index contributed by atoms with van der Waals surface area (Å²) in [4.78, 5) is 192. The monoisotopic (exact) mass is 1910 g/mol. The van der Waals surface area contributed by atoms with Crippen LogP contribution in [0.15, 0.2) is 182 Å². The van der Waals surface area contributed by atoms with E-state index in [1.54, 1.807) is 54.3 Å². The number of urea groups is 1. The standard InChI is InChI=1S/C30H35N5O5.C28H24F2N2O3S.C26H32N2O4.C24H23ClN2O3/c1-18-5-10-25(26(36)32-18)35-17-22-13-19(6-9-24(22)27(35)37)15-31-28(38)33-23-8-7-21-16-34(12-11-20(21)14-23)29(39)40-30(2,3)4;1-16-2-9-25(26(34)10-16)32-14-18-11-17(4-7-21(18)28(32)35)3-6-20(33)13-27-31-24(15-36-27)22-8-5-19(29)12-23(22)30;1-16-2-11-23(24(30)12-16)28-15-20-13-17(6-10-22(20)26(28)32)5-9-21(29)14-18-3-7-19(8-4-18)25(27)31;1-15-2-8-21(22(29)10-15)27-14-18-11-16(4-7-20(18)24(27)30)3-6-19(28)12-17-5-9-23(25)26-13-17/h6-9,13-14,25H,1,5,10-12,15-17H2,2-4H3,(H,32,36)(H2,31,33,38);4-5,7-8,11-12,15,25H,1-3,6,9-10,13-14H2;6,10,13,18-19,23H,1-5,7-9,11-12,14-15H2,(H2,27,31);4-5,7,9,11,13,21H,1-3,6,8,10,12,14H2. The summed E-state index contributed by atoms with van der Waals surface area (Å²) in [5.74, 6) is -1.26. The van der Waals surface area contributed by atoms with Gasteiger partial charge in [-0.3, -0.25) is 57.5 Å². The normalized spacial score (nSPS) is 20.0. The number of Topliss-reactive ketones (excluding diaryl/α,β-unsaturated/α-hetero) is 6. The zero-order valence-electron chi connectivity index (χ0n) is 78.0. The summed E-state index contributed by atoms with van der Waals surface area (Å²) in [6.45, 7) is 24.0. The van der Waals surface area contributed by atoms with Crippen molar-refractivity contribution in [3.05, 3.63) is 287 Å². The maximum Gasteiger partial charge on any atom is 0.410 e. The van der Waals surface area contributed by atoms with Crippen LogP contribution in [0.3, 0.4) is 0 Å². The van der Waals surface area contributed by atoms with E-state index in [1.807, 2.05) is 106 Å². The fraction of sp³-hybridized carbons (Fsp3) is 0.389. The summed E-state index contributed by atoms with van der Waals surface area (Å²) in [6, 6.07) is 33.1. The van der Waals surface area contributed by atoms with Gasteiger partial charge < -0.3 is 50.9 Å². The first kappa shape index (κ1) is 99.1. The number of amides is 9. The number of rotatable bonds is 24. The van der Waals surface area contributed by atoms with Crippen molar-refractivity contribution in [2.24, 2.45) is 17.6 Å². The molecule has 9 amide bonds. The predicted molar refractivity (Wildman–Crippen MR) is 517 cm³/mol. The fourth-order valence-corrected chi connectivity index (χ4v) is 20.7. The second kappa shape index (κ2) is 43.5. The van der Waals surface area contributed by atoms with Gasteiger partial charge in [-0.05, 0) is 245 Å². The molecule has 718 valence electrons. The van der Waals surface area contributed by atoms with Gasteiger partial charge in [0.25, 0.3) is 23.6 Å². The van der Waals surface area contributed by atoms with Gasteiger partial charge in [0.2, 0.25) is 11.8 Å². The number of anilines is 1. The molecular weight excluding hydrogens is 1800 g/mol. The number of allylic oxidation sites excluding steroid dienone is 4. The molecule has 1 saturated heterocycles. The number of pyridine rings is 1. The maximum absolute atomic E-state index is 14.0. The molecule has 0 radical (unpaired) electrons. The number of nitrogens with one attached hydrogen (secondary N) is 3. The molecule has 5 N–H and O–H groups in total. The predicted octanol–water partition coefficient (Wildman–Crippen LogP) is 17.1. The van der Waals surface area contributed by atoms with Gasteiger partial charge in [0, 0.05) is 160 Å². The third kappa shape index (κ3) is 24.6. The number of hydrogen-bond acceptors (Lipinski definition) is 18. The average Bonchev–Trinajstić information content (AvgIpc) is 1.64. The second-order valence-electron chi connectivity index (χ2n) is 38.7. The Morgan fingerprint density at radius 2 is 0.986 bits per heavy atom. The molecule has 138 heavy (non-hydrogen) atoms. The van der Waals surface area contributed by atoms with Gasteiger partial charge >= 0.3 is 12.1 Å². The molecule has 4 unspecified atom stereocenters. The van der Waals surface area contributed by atoms with Crippen LogP contribution in [0.1, 0.15) is 250 Å². The van der Waals surface area contributed by atoms with Crippen LogP contribution in [-0.4, -0.2) is 153 Å². The fourth-order valence-electron chi connectivity index (χ4n) is 19.8. The highest BCUT2D eigenvalue weighted by Crippen LogP contribution is 2.39. The van der Waals surface area contributed by atoms with E-state index in [9.17, 15) is 75.9 Å². The van der Waals surface area contributed by atoms with E-state index in [0.717, 1.165) is 129 Å². The molecule has 6 aromatic carbocycles. The van der Waals surface area contributed by atoms with Gasteiger partial charge in [0.05, 0.1) is 30.2 Å². The topological polar surface area (TPSA) is 352 Å². The molecular formula is C108H114ClF2N11O15S. The Bertz CT molecular complexity index is 6270. The summed E-state index contributed by atoms with van der Waals surface area (Å²) in [6.07, 6.45) is 15.9. The molecule has 4 atom stereocenters. The van der Waals surface area contributed by atoms with Crippen molar-refractivity contribution in [1.82, 2.24) is 45.1 Å². The number of ether oxygens (including phenoxy) is 1. The Balaban J connectivity index is 0.000000140. The number of fused-ring (bicyclic) bond motifs is 5. The van der Waals surface area contributed by atoms with Crippen LogP contribution in [0.2, 0.25) is 5.15 Å². The number of carbonyl (C=O) groups excluding carboxylic acids is 14. The van der Waals surface area contributed by atoms with E-state index in [0.29, 0.717) is 204 Å². The van der Waals surface area contributed by atoms with E-state index < -0.39 is 29.3 Å². The minimum Gasteiger partial charge on any atom is -0.444 e. The molecule has 8 aromatic rings.